The van der Waals surface area contributed by atoms with E-state index in [0.29, 0.717) is 16.3 Å². The molecule has 0 radical (unpaired) electrons. The monoisotopic (exact) mass is 299 g/mol. The van der Waals surface area contributed by atoms with Crippen LogP contribution in [0.5, 0.6) is 0 Å². The van der Waals surface area contributed by atoms with Crippen molar-refractivity contribution in [1.29, 1.82) is 0 Å². The highest BCUT2D eigenvalue weighted by Crippen LogP contribution is 2.28. The summed E-state index contributed by atoms with van der Waals surface area (Å²) < 4.78 is 15.6. The molecule has 0 aliphatic rings. The van der Waals surface area contributed by atoms with Crippen LogP contribution in [0.15, 0.2) is 24.3 Å². The van der Waals surface area contributed by atoms with Crippen molar-refractivity contribution in [3.05, 3.63) is 52.1 Å². The van der Waals surface area contributed by atoms with E-state index in [2.05, 4.69) is 0 Å². The number of halogens is 3. The van der Waals surface area contributed by atoms with E-state index in [9.17, 15) is 9.18 Å². The molecule has 0 spiro atoms. The van der Waals surface area contributed by atoms with E-state index in [0.717, 1.165) is 5.69 Å². The van der Waals surface area contributed by atoms with Gasteiger partial charge in [-0.05, 0) is 32.0 Å². The summed E-state index contributed by atoms with van der Waals surface area (Å²) in [5, 5.41) is 0.298. The fraction of sp³-hybridized carbons (Fsp3) is 0.214. The molecule has 0 atom stereocenters. The van der Waals surface area contributed by atoms with Crippen molar-refractivity contribution in [3.8, 4) is 5.69 Å². The van der Waals surface area contributed by atoms with E-state index < -0.39 is 5.82 Å². The summed E-state index contributed by atoms with van der Waals surface area (Å²) in [7, 11) is 0. The summed E-state index contributed by atoms with van der Waals surface area (Å²) in [6.45, 7) is 3.54. The van der Waals surface area contributed by atoms with Crippen LogP contribution >= 0.6 is 23.2 Å². The molecule has 0 unspecified atom stereocenters. The number of alkyl halides is 1. The molecule has 0 saturated heterocycles. The van der Waals surface area contributed by atoms with Gasteiger partial charge in [0.15, 0.2) is 5.78 Å². The molecule has 5 heteroatoms. The van der Waals surface area contributed by atoms with Gasteiger partial charge in [-0.3, -0.25) is 4.79 Å². The zero-order valence-corrected chi connectivity index (χ0v) is 12.0. The number of carbonyl (C=O) groups excluding carboxylic acids is 1. The summed E-state index contributed by atoms with van der Waals surface area (Å²) >= 11 is 11.6. The third kappa shape index (κ3) is 2.40. The van der Waals surface area contributed by atoms with Crippen molar-refractivity contribution >= 4 is 29.0 Å². The zero-order valence-electron chi connectivity index (χ0n) is 10.5. The van der Waals surface area contributed by atoms with Crippen molar-refractivity contribution in [2.45, 2.75) is 13.8 Å². The molecule has 100 valence electrons. The molecule has 0 aliphatic carbocycles. The fourth-order valence-electron chi connectivity index (χ4n) is 2.16. The first-order valence-electron chi connectivity index (χ1n) is 5.70. The van der Waals surface area contributed by atoms with Crippen LogP contribution in [0.4, 0.5) is 4.39 Å². The number of carbonyl (C=O) groups is 1. The molecule has 2 nitrogen and oxygen atoms in total. The Balaban J connectivity index is 2.70. The Bertz CT molecular complexity index is 629. The van der Waals surface area contributed by atoms with Crippen LogP contribution in [0.2, 0.25) is 5.02 Å². The first kappa shape index (κ1) is 14.1. The second-order valence-corrected chi connectivity index (χ2v) is 4.92. The van der Waals surface area contributed by atoms with E-state index in [4.69, 9.17) is 23.2 Å². The van der Waals surface area contributed by atoms with Crippen LogP contribution < -0.4 is 0 Å². The molecular formula is C14H12Cl2FNO. The number of rotatable bonds is 3. The number of ketones is 1. The summed E-state index contributed by atoms with van der Waals surface area (Å²) in [5.41, 5.74) is 2.12. The lowest BCUT2D eigenvalue weighted by atomic mass is 10.2. The van der Waals surface area contributed by atoms with E-state index in [-0.39, 0.29) is 17.4 Å². The Morgan fingerprint density at radius 3 is 2.63 bits per heavy atom. The molecule has 0 N–H and O–H groups in total. The number of aryl methyl sites for hydroxylation is 1. The summed E-state index contributed by atoms with van der Waals surface area (Å²) in [6.07, 6.45) is 0. The summed E-state index contributed by atoms with van der Waals surface area (Å²) in [5.74, 6) is -0.720. The van der Waals surface area contributed by atoms with Gasteiger partial charge in [-0.15, -0.1) is 11.6 Å². The van der Waals surface area contributed by atoms with Crippen LogP contribution in [-0.2, 0) is 0 Å². The highest BCUT2D eigenvalue weighted by molar-refractivity contribution is 6.32. The van der Waals surface area contributed by atoms with Crippen molar-refractivity contribution in [1.82, 2.24) is 4.57 Å². The summed E-state index contributed by atoms with van der Waals surface area (Å²) in [4.78, 5) is 11.7. The molecule has 0 amide bonds. The average molecular weight is 300 g/mol. The van der Waals surface area contributed by atoms with E-state index >= 15 is 0 Å². The maximum atomic E-state index is 14.0. The van der Waals surface area contributed by atoms with Gasteiger partial charge in [-0.25, -0.2) is 4.39 Å². The largest absolute Gasteiger partial charge is 0.314 e. The van der Waals surface area contributed by atoms with Gasteiger partial charge >= 0.3 is 0 Å². The smallest absolute Gasteiger partial charge is 0.179 e. The van der Waals surface area contributed by atoms with Crippen molar-refractivity contribution in [2.24, 2.45) is 0 Å². The van der Waals surface area contributed by atoms with E-state index in [1.165, 1.54) is 6.07 Å². The predicted octanol–water partition coefficient (Wildman–Crippen LogP) is 4.31. The van der Waals surface area contributed by atoms with Crippen LogP contribution in [-0.4, -0.2) is 16.2 Å². The molecule has 2 rings (SSSR count). The molecule has 0 fully saturated rings. The van der Waals surface area contributed by atoms with E-state index in [1.807, 2.05) is 0 Å². The molecule has 0 saturated carbocycles. The molecule has 1 aromatic carbocycles. The van der Waals surface area contributed by atoms with Gasteiger partial charge < -0.3 is 4.57 Å². The van der Waals surface area contributed by atoms with Gasteiger partial charge in [0.25, 0.3) is 0 Å². The van der Waals surface area contributed by atoms with Crippen LogP contribution in [0.1, 0.15) is 21.7 Å². The number of hydrogen-bond donors (Lipinski definition) is 0. The van der Waals surface area contributed by atoms with Gasteiger partial charge in [0, 0.05) is 17.0 Å². The quantitative estimate of drug-likeness (QED) is 0.611. The lowest BCUT2D eigenvalue weighted by Crippen LogP contribution is -2.06. The Hall–Kier alpha value is -1.32. The Morgan fingerprint density at radius 2 is 2.05 bits per heavy atom. The maximum absolute atomic E-state index is 14.0. The highest BCUT2D eigenvalue weighted by atomic mass is 35.5. The first-order chi connectivity index (χ1) is 8.97. The molecule has 19 heavy (non-hydrogen) atoms. The minimum Gasteiger partial charge on any atom is -0.314 e. The Morgan fingerprint density at radius 1 is 1.37 bits per heavy atom. The number of hydrogen-bond acceptors (Lipinski definition) is 1. The van der Waals surface area contributed by atoms with Crippen molar-refractivity contribution < 1.29 is 9.18 Å². The molecule has 0 aliphatic heterocycles. The number of aromatic nitrogens is 1. The third-order valence-corrected chi connectivity index (χ3v) is 3.56. The average Bonchev–Trinajstić information content (AvgIpc) is 2.65. The molecule has 2 aromatic rings. The van der Waals surface area contributed by atoms with Gasteiger partial charge in [-0.2, -0.15) is 0 Å². The van der Waals surface area contributed by atoms with Crippen LogP contribution in [0.3, 0.4) is 0 Å². The third-order valence-electron chi connectivity index (χ3n) is 3.01. The Kier molecular flexibility index (Phi) is 3.97. The summed E-state index contributed by atoms with van der Waals surface area (Å²) in [6, 6.07) is 6.19. The van der Waals surface area contributed by atoms with Gasteiger partial charge in [-0.1, -0.05) is 17.7 Å². The Labute approximate surface area is 120 Å². The highest BCUT2D eigenvalue weighted by Gasteiger charge is 2.19. The van der Waals surface area contributed by atoms with E-state index in [1.54, 1.807) is 36.6 Å². The standard InChI is InChI=1S/C14H12Cl2FNO/c1-8-6-10(13(19)7-15)9(2)18(8)14-11(16)4-3-5-12(14)17/h3-6H,7H2,1-2H3. The first-order valence-corrected chi connectivity index (χ1v) is 6.61. The molecular weight excluding hydrogens is 288 g/mol. The lowest BCUT2D eigenvalue weighted by molar-refractivity contribution is 0.102. The van der Waals surface area contributed by atoms with Crippen molar-refractivity contribution in [3.63, 3.8) is 0 Å². The minimum absolute atomic E-state index is 0.102. The van der Waals surface area contributed by atoms with Crippen LogP contribution in [0, 0.1) is 19.7 Å². The normalized spacial score (nSPS) is 10.8. The number of para-hydroxylation sites is 1. The number of benzene rings is 1. The lowest BCUT2D eigenvalue weighted by Gasteiger charge is -2.12. The molecule has 1 heterocycles. The van der Waals surface area contributed by atoms with Gasteiger partial charge in [0.05, 0.1) is 10.9 Å². The minimum atomic E-state index is -0.431. The second kappa shape index (κ2) is 5.35. The topological polar surface area (TPSA) is 22.0 Å². The second-order valence-electron chi connectivity index (χ2n) is 4.25. The van der Waals surface area contributed by atoms with Gasteiger partial charge in [0.2, 0.25) is 0 Å². The van der Waals surface area contributed by atoms with Gasteiger partial charge in [0.1, 0.15) is 11.5 Å². The number of nitrogens with zero attached hydrogens (tertiary/aromatic N) is 1. The molecule has 0 bridgehead atoms. The predicted molar refractivity (Wildman–Crippen MR) is 75.3 cm³/mol. The molecule has 1 aromatic heterocycles. The number of Topliss-reactive ketones (excluding diaryl/α,β-unsaturated/α-hetero) is 1. The maximum Gasteiger partial charge on any atom is 0.179 e. The SMILES string of the molecule is Cc1cc(C(=O)CCl)c(C)n1-c1c(F)cccc1Cl. The zero-order chi connectivity index (χ0) is 14.2. The van der Waals surface area contributed by atoms with Crippen molar-refractivity contribution in [2.75, 3.05) is 5.88 Å². The fourth-order valence-corrected chi connectivity index (χ4v) is 2.56. The van der Waals surface area contributed by atoms with Crippen LogP contribution in [0.25, 0.3) is 5.69 Å².